The molecule has 2 aromatic rings. The lowest BCUT2D eigenvalue weighted by atomic mass is 10.1. The first-order valence-electron chi connectivity index (χ1n) is 8.95. The number of amidine groups is 3. The fourth-order valence-electron chi connectivity index (χ4n) is 2.84. The minimum Gasteiger partial charge on any atom is -0.489 e. The molecule has 11 heteroatoms. The number of hydrogen-bond donors (Lipinski definition) is 1. The Morgan fingerprint density at radius 3 is 2.58 bits per heavy atom. The van der Waals surface area contributed by atoms with E-state index in [9.17, 15) is 14.9 Å². The number of fused-ring (bicyclic) bond motifs is 1. The molecule has 0 fully saturated rings. The summed E-state index contributed by atoms with van der Waals surface area (Å²) in [5.41, 5.74) is 1.75. The predicted octanol–water partition coefficient (Wildman–Crippen LogP) is 4.11. The number of carbonyl (C=O) groups is 1. The van der Waals surface area contributed by atoms with Gasteiger partial charge in [0, 0.05) is 12.1 Å². The Kier molecular flexibility index (Phi) is 5.87. The Labute approximate surface area is 185 Å². The summed E-state index contributed by atoms with van der Waals surface area (Å²) in [5, 5.41) is 20.1. The number of rotatable bonds is 5. The first-order chi connectivity index (χ1) is 15.0. The van der Waals surface area contributed by atoms with Crippen molar-refractivity contribution in [3.8, 4) is 5.75 Å². The van der Waals surface area contributed by atoms with Crippen molar-refractivity contribution in [2.24, 2.45) is 9.39 Å². The number of benzene rings is 2. The van der Waals surface area contributed by atoms with E-state index in [0.29, 0.717) is 16.1 Å². The summed E-state index contributed by atoms with van der Waals surface area (Å²) in [6, 6.07) is 13.2. The first-order valence-corrected chi connectivity index (χ1v) is 10.9. The van der Waals surface area contributed by atoms with Gasteiger partial charge in [0.2, 0.25) is 5.17 Å². The number of hydrogen-bond acceptors (Lipinski definition) is 8. The highest BCUT2D eigenvalue weighted by molar-refractivity contribution is 8.18. The van der Waals surface area contributed by atoms with Crippen LogP contribution in [0.3, 0.4) is 0 Å². The minimum absolute atomic E-state index is 0.0314. The maximum absolute atomic E-state index is 12.4. The van der Waals surface area contributed by atoms with E-state index in [0.717, 1.165) is 23.1 Å². The van der Waals surface area contributed by atoms with Gasteiger partial charge in [-0.3, -0.25) is 20.3 Å². The van der Waals surface area contributed by atoms with Crippen molar-refractivity contribution in [1.82, 2.24) is 4.90 Å². The van der Waals surface area contributed by atoms with Crippen molar-refractivity contribution in [3.63, 3.8) is 0 Å². The van der Waals surface area contributed by atoms with Crippen LogP contribution in [-0.2, 0) is 11.4 Å². The number of aliphatic imine (C=N–C) groups is 1. The lowest BCUT2D eigenvalue weighted by molar-refractivity contribution is -0.384. The van der Waals surface area contributed by atoms with E-state index in [4.69, 9.17) is 10.1 Å². The molecule has 31 heavy (non-hydrogen) atoms. The zero-order chi connectivity index (χ0) is 22.0. The van der Waals surface area contributed by atoms with E-state index in [-0.39, 0.29) is 23.7 Å². The number of nitro benzene ring substituents is 1. The summed E-state index contributed by atoms with van der Waals surface area (Å²) in [4.78, 5) is 28.2. The van der Waals surface area contributed by atoms with Gasteiger partial charge in [0.05, 0.1) is 22.4 Å². The molecule has 0 radical (unpaired) electrons. The molecular formula is C20H15N5O4S2. The molecule has 0 aromatic heterocycles. The summed E-state index contributed by atoms with van der Waals surface area (Å²) >= 11 is 2.47. The van der Waals surface area contributed by atoms with Crippen molar-refractivity contribution in [2.45, 2.75) is 6.61 Å². The van der Waals surface area contributed by atoms with Gasteiger partial charge < -0.3 is 4.74 Å². The molecule has 156 valence electrons. The maximum atomic E-state index is 12.4. The van der Waals surface area contributed by atoms with Crippen LogP contribution in [0.2, 0.25) is 0 Å². The standard InChI is InChI=1S/C20H15N5O4S2/c1-30-20-23-31-19-22-18(26)16(17(21)24(19)20)10-12-4-8-15(9-5-12)29-11-13-2-6-14(7-3-13)25(27)28/h2-10,21H,11H2,1H3/b16-10-,21-17?. The summed E-state index contributed by atoms with van der Waals surface area (Å²) in [5.74, 6) is 0.185. The van der Waals surface area contributed by atoms with Gasteiger partial charge in [0.25, 0.3) is 11.6 Å². The zero-order valence-corrected chi connectivity index (χ0v) is 17.8. The highest BCUT2D eigenvalue weighted by Crippen LogP contribution is 2.31. The summed E-state index contributed by atoms with van der Waals surface area (Å²) in [6.07, 6.45) is 3.47. The molecule has 2 aliphatic rings. The summed E-state index contributed by atoms with van der Waals surface area (Å²) in [7, 11) is 0. The summed E-state index contributed by atoms with van der Waals surface area (Å²) < 4.78 is 9.93. The third-order valence-corrected chi connectivity index (χ3v) is 5.88. The quantitative estimate of drug-likeness (QED) is 0.313. The van der Waals surface area contributed by atoms with Crippen molar-refractivity contribution < 1.29 is 14.5 Å². The van der Waals surface area contributed by atoms with Gasteiger partial charge in [-0.25, -0.2) is 4.90 Å². The van der Waals surface area contributed by atoms with Crippen LogP contribution in [0.25, 0.3) is 6.08 Å². The van der Waals surface area contributed by atoms with Crippen LogP contribution in [0.4, 0.5) is 5.69 Å². The van der Waals surface area contributed by atoms with Crippen LogP contribution in [-0.4, -0.2) is 38.2 Å². The predicted molar refractivity (Wildman–Crippen MR) is 122 cm³/mol. The second kappa shape index (κ2) is 8.74. The number of non-ortho nitro benzene ring substituents is 1. The fourth-order valence-corrected chi connectivity index (χ4v) is 4.29. The molecular weight excluding hydrogens is 438 g/mol. The molecule has 0 saturated carbocycles. The molecule has 2 aromatic carbocycles. The molecule has 2 aliphatic heterocycles. The Bertz CT molecular complexity index is 1160. The van der Waals surface area contributed by atoms with Crippen molar-refractivity contribution in [1.29, 1.82) is 5.41 Å². The second-order valence-electron chi connectivity index (χ2n) is 6.39. The Morgan fingerprint density at radius 1 is 1.23 bits per heavy atom. The molecule has 0 spiro atoms. The minimum atomic E-state index is -0.472. The van der Waals surface area contributed by atoms with Crippen LogP contribution in [0.1, 0.15) is 11.1 Å². The number of carbonyl (C=O) groups excluding carboxylic acids is 1. The third-order valence-electron chi connectivity index (χ3n) is 4.42. The molecule has 0 aliphatic carbocycles. The number of ether oxygens (including phenoxy) is 1. The van der Waals surface area contributed by atoms with Crippen LogP contribution >= 0.6 is 23.7 Å². The molecule has 0 atom stereocenters. The van der Waals surface area contributed by atoms with E-state index in [1.165, 1.54) is 23.9 Å². The van der Waals surface area contributed by atoms with E-state index in [1.807, 2.05) is 6.26 Å². The van der Waals surface area contributed by atoms with Crippen LogP contribution in [0, 0.1) is 15.5 Å². The van der Waals surface area contributed by atoms with E-state index >= 15 is 0 Å². The van der Waals surface area contributed by atoms with Gasteiger partial charge in [-0.05, 0) is 47.7 Å². The van der Waals surface area contributed by atoms with E-state index in [2.05, 4.69) is 9.39 Å². The van der Waals surface area contributed by atoms with Gasteiger partial charge in [-0.15, -0.1) is 0 Å². The van der Waals surface area contributed by atoms with Gasteiger partial charge in [-0.1, -0.05) is 23.9 Å². The number of thioether (sulfide) groups is 1. The number of nitrogens with zero attached hydrogens (tertiary/aromatic N) is 4. The van der Waals surface area contributed by atoms with Gasteiger partial charge in [0.15, 0.2) is 5.17 Å². The SMILES string of the molecule is CSC1=NSC2=NC(=O)/C(=C\c3ccc(OCc4ccc([N+](=O)[O-])cc4)cc3)C(=N)N12. The zero-order valence-electron chi connectivity index (χ0n) is 16.1. The van der Waals surface area contributed by atoms with Gasteiger partial charge in [0.1, 0.15) is 18.2 Å². The highest BCUT2D eigenvalue weighted by Gasteiger charge is 2.36. The van der Waals surface area contributed by atoms with Crippen molar-refractivity contribution in [2.75, 3.05) is 6.26 Å². The van der Waals surface area contributed by atoms with Crippen LogP contribution in [0.15, 0.2) is 63.5 Å². The van der Waals surface area contributed by atoms with Gasteiger partial charge in [-0.2, -0.15) is 9.39 Å². The molecule has 0 bridgehead atoms. The van der Waals surface area contributed by atoms with Crippen molar-refractivity contribution in [3.05, 3.63) is 75.3 Å². The lowest BCUT2D eigenvalue weighted by Crippen LogP contribution is -2.41. The van der Waals surface area contributed by atoms with Crippen LogP contribution in [0.5, 0.6) is 5.75 Å². The normalized spacial score (nSPS) is 16.8. The smallest absolute Gasteiger partial charge is 0.283 e. The average molecular weight is 454 g/mol. The molecule has 2 heterocycles. The highest BCUT2D eigenvalue weighted by atomic mass is 32.2. The Morgan fingerprint density at radius 2 is 1.94 bits per heavy atom. The van der Waals surface area contributed by atoms with Crippen molar-refractivity contribution >= 4 is 57.6 Å². The number of nitrogens with one attached hydrogen (secondary N) is 1. The molecule has 1 amide bonds. The lowest BCUT2D eigenvalue weighted by Gasteiger charge is -2.23. The molecule has 0 unspecified atom stereocenters. The van der Waals surface area contributed by atoms with Gasteiger partial charge >= 0.3 is 0 Å². The first kappa shape index (κ1) is 20.8. The number of amides is 1. The average Bonchev–Trinajstić information content (AvgIpc) is 3.19. The molecule has 9 nitrogen and oxygen atoms in total. The van der Waals surface area contributed by atoms with E-state index < -0.39 is 10.8 Å². The molecule has 1 N–H and O–H groups in total. The Hall–Kier alpha value is -3.44. The fraction of sp³-hybridized carbons (Fsp3) is 0.100. The topological polar surface area (TPSA) is 121 Å². The summed E-state index contributed by atoms with van der Waals surface area (Å²) in [6.45, 7) is 0.266. The molecule has 0 saturated heterocycles. The van der Waals surface area contributed by atoms with Crippen LogP contribution < -0.4 is 4.74 Å². The second-order valence-corrected chi connectivity index (χ2v) is 7.90. The monoisotopic (exact) mass is 453 g/mol. The third kappa shape index (κ3) is 4.37. The van der Waals surface area contributed by atoms with E-state index in [1.54, 1.807) is 47.4 Å². The molecule has 4 rings (SSSR count). The number of nitro groups is 1. The largest absolute Gasteiger partial charge is 0.489 e. The Balaban J connectivity index is 1.45. The maximum Gasteiger partial charge on any atom is 0.283 e.